The van der Waals surface area contributed by atoms with Crippen molar-refractivity contribution in [3.8, 4) is 0 Å². The van der Waals surface area contributed by atoms with Crippen LogP contribution >= 0.6 is 0 Å². The molecule has 0 atom stereocenters. The molecule has 2 aliphatic rings. The van der Waals surface area contributed by atoms with Crippen LogP contribution in [0.2, 0.25) is 0 Å². The number of carbonyl (C=O) groups is 1. The highest BCUT2D eigenvalue weighted by atomic mass is 32.2. The molecule has 1 saturated heterocycles. The Balaban J connectivity index is 0.000000401. The van der Waals surface area contributed by atoms with Gasteiger partial charge in [-0.15, -0.1) is 0 Å². The smallest absolute Gasteiger partial charge is 0.328 e. The van der Waals surface area contributed by atoms with Crippen LogP contribution in [0.5, 0.6) is 0 Å². The van der Waals surface area contributed by atoms with Crippen LogP contribution in [0.15, 0.2) is 45.1 Å². The molecular formula is C19H23FN4O6S. The molecular weight excluding hydrogens is 431 g/mol. The van der Waals surface area contributed by atoms with Crippen molar-refractivity contribution >= 4 is 26.8 Å². The van der Waals surface area contributed by atoms with E-state index in [-0.39, 0.29) is 16.2 Å². The minimum atomic E-state index is -3.71. The maximum absolute atomic E-state index is 12.5. The minimum absolute atomic E-state index is 0.0239. The largest absolute Gasteiger partial charge is 0.381 e. The number of hydrogen-bond donors (Lipinski definition) is 3. The van der Waals surface area contributed by atoms with Crippen LogP contribution in [0.1, 0.15) is 19.8 Å². The highest BCUT2D eigenvalue weighted by Gasteiger charge is 2.41. The Morgan fingerprint density at radius 3 is 2.48 bits per heavy atom. The number of ether oxygens (including phenoxy) is 1. The van der Waals surface area contributed by atoms with E-state index in [1.165, 1.54) is 22.8 Å². The number of H-pyrrole nitrogens is 1. The van der Waals surface area contributed by atoms with E-state index in [4.69, 9.17) is 4.74 Å². The number of aromatic amines is 1. The lowest BCUT2D eigenvalue weighted by molar-refractivity contribution is -0.115. The quantitative estimate of drug-likeness (QED) is 0.527. The van der Waals surface area contributed by atoms with Gasteiger partial charge in [0.1, 0.15) is 0 Å². The molecule has 12 heteroatoms. The van der Waals surface area contributed by atoms with Gasteiger partial charge in [0, 0.05) is 18.0 Å². The third kappa shape index (κ3) is 5.27. The molecule has 0 spiro atoms. The van der Waals surface area contributed by atoms with Crippen LogP contribution in [-0.4, -0.2) is 42.6 Å². The molecule has 168 valence electrons. The number of primary amides is 1. The first kappa shape index (κ1) is 22.8. The number of halogens is 1. The van der Waals surface area contributed by atoms with Gasteiger partial charge in [-0.05, 0) is 38.0 Å². The number of nitrogens with one attached hydrogen (secondary N) is 2. The molecule has 1 aromatic heterocycles. The Morgan fingerprint density at radius 2 is 2.00 bits per heavy atom. The summed E-state index contributed by atoms with van der Waals surface area (Å²) in [4.78, 5) is 36.1. The van der Waals surface area contributed by atoms with E-state index < -0.39 is 38.5 Å². The van der Waals surface area contributed by atoms with Gasteiger partial charge in [-0.1, -0.05) is 6.58 Å². The molecule has 1 aromatic carbocycles. The second-order valence-electron chi connectivity index (χ2n) is 7.89. The van der Waals surface area contributed by atoms with Crippen LogP contribution in [0.4, 0.5) is 4.39 Å². The fraction of sp³-hybridized carbons (Fsp3) is 0.421. The number of carbonyl (C=O) groups excluding carboxylic acids is 1. The van der Waals surface area contributed by atoms with Gasteiger partial charge >= 0.3 is 5.69 Å². The molecule has 31 heavy (non-hydrogen) atoms. The SMILES string of the molecule is C=C(F)C(N)=O.CC1(NS(=O)(=O)c2ccc3c(c2)c(=O)[nH]c(=O)n3CC2COC2)CC1. The highest BCUT2D eigenvalue weighted by molar-refractivity contribution is 7.89. The van der Waals surface area contributed by atoms with Crippen LogP contribution < -0.4 is 21.7 Å². The lowest BCUT2D eigenvalue weighted by Crippen LogP contribution is -2.38. The number of benzene rings is 1. The summed E-state index contributed by atoms with van der Waals surface area (Å²) in [6.07, 6.45) is 1.59. The Labute approximate surface area is 176 Å². The Kier molecular flexibility index (Phi) is 6.16. The average Bonchev–Trinajstić information content (AvgIpc) is 3.36. The van der Waals surface area contributed by atoms with E-state index in [2.05, 4.69) is 22.0 Å². The van der Waals surface area contributed by atoms with Crippen molar-refractivity contribution in [1.29, 1.82) is 0 Å². The summed E-state index contributed by atoms with van der Waals surface area (Å²) in [6.45, 7) is 6.03. The van der Waals surface area contributed by atoms with Crippen molar-refractivity contribution in [2.75, 3.05) is 13.2 Å². The van der Waals surface area contributed by atoms with Crippen molar-refractivity contribution in [3.63, 3.8) is 0 Å². The lowest BCUT2D eigenvalue weighted by Gasteiger charge is -2.26. The molecule has 0 radical (unpaired) electrons. The van der Waals surface area contributed by atoms with Crippen molar-refractivity contribution in [2.45, 2.75) is 36.7 Å². The molecule has 10 nitrogen and oxygen atoms in total. The summed E-state index contributed by atoms with van der Waals surface area (Å²) in [6, 6.07) is 4.29. The molecule has 1 saturated carbocycles. The summed E-state index contributed by atoms with van der Waals surface area (Å²) in [5, 5.41) is 0.184. The number of amides is 1. The zero-order chi connectivity index (χ0) is 23.0. The van der Waals surface area contributed by atoms with Gasteiger partial charge < -0.3 is 10.5 Å². The third-order valence-corrected chi connectivity index (χ3v) is 6.71. The Hall–Kier alpha value is -2.83. The minimum Gasteiger partial charge on any atom is -0.381 e. The van der Waals surface area contributed by atoms with E-state index in [9.17, 15) is 27.2 Å². The fourth-order valence-corrected chi connectivity index (χ4v) is 4.43. The maximum atomic E-state index is 12.5. The summed E-state index contributed by atoms with van der Waals surface area (Å²) in [7, 11) is -3.71. The monoisotopic (exact) mass is 454 g/mol. The van der Waals surface area contributed by atoms with Crippen molar-refractivity contribution in [1.82, 2.24) is 14.3 Å². The van der Waals surface area contributed by atoms with Gasteiger partial charge in [0.2, 0.25) is 10.0 Å². The normalized spacial score (nSPS) is 17.4. The number of aromatic nitrogens is 2. The Morgan fingerprint density at radius 1 is 1.39 bits per heavy atom. The molecule has 1 aliphatic carbocycles. The summed E-state index contributed by atoms with van der Waals surface area (Å²) >= 11 is 0. The topological polar surface area (TPSA) is 153 Å². The molecule has 1 amide bonds. The maximum Gasteiger partial charge on any atom is 0.328 e. The first-order chi connectivity index (χ1) is 14.4. The van der Waals surface area contributed by atoms with Crippen LogP contribution in [0.25, 0.3) is 10.9 Å². The number of rotatable bonds is 6. The first-order valence-electron chi connectivity index (χ1n) is 9.45. The van der Waals surface area contributed by atoms with Gasteiger partial charge in [-0.2, -0.15) is 0 Å². The molecule has 2 aromatic rings. The summed E-state index contributed by atoms with van der Waals surface area (Å²) < 4.78 is 45.4. The first-order valence-corrected chi connectivity index (χ1v) is 10.9. The zero-order valence-corrected chi connectivity index (χ0v) is 17.6. The predicted octanol–water partition coefficient (Wildman–Crippen LogP) is 0.122. The zero-order valence-electron chi connectivity index (χ0n) is 16.8. The van der Waals surface area contributed by atoms with Gasteiger partial charge in [0.25, 0.3) is 11.5 Å². The second kappa shape index (κ2) is 8.36. The van der Waals surface area contributed by atoms with Crippen LogP contribution in [0, 0.1) is 5.92 Å². The third-order valence-electron chi connectivity index (χ3n) is 5.08. The van der Waals surface area contributed by atoms with Gasteiger partial charge in [-0.3, -0.25) is 19.1 Å². The second-order valence-corrected chi connectivity index (χ2v) is 9.57. The van der Waals surface area contributed by atoms with Gasteiger partial charge in [0.15, 0.2) is 5.83 Å². The average molecular weight is 454 g/mol. The standard InChI is InChI=1S/C16H19N3O5S.C3H4FNO/c1-16(4-5-16)18-25(22,23)11-2-3-13-12(6-11)14(20)17-15(21)19(13)7-10-8-24-9-10;1-2(4)3(5)6/h2-3,6,10,18H,4-5,7-9H2,1H3,(H,17,20,21);1H2,(H2,5,6). The fourth-order valence-electron chi connectivity index (χ4n) is 2.94. The van der Waals surface area contributed by atoms with Gasteiger partial charge in [-0.25, -0.2) is 22.3 Å². The molecule has 4 rings (SSSR count). The Bertz CT molecular complexity index is 1250. The van der Waals surface area contributed by atoms with E-state index in [0.717, 1.165) is 12.8 Å². The van der Waals surface area contributed by atoms with Crippen molar-refractivity contribution in [2.24, 2.45) is 11.7 Å². The number of fused-ring (bicyclic) bond motifs is 1. The van der Waals surface area contributed by atoms with Crippen LogP contribution in [0.3, 0.4) is 0 Å². The van der Waals surface area contributed by atoms with Crippen molar-refractivity contribution in [3.05, 3.63) is 51.4 Å². The van der Waals surface area contributed by atoms with E-state index in [1.807, 2.05) is 6.92 Å². The molecule has 2 heterocycles. The van der Waals surface area contributed by atoms with E-state index in [1.54, 1.807) is 0 Å². The highest BCUT2D eigenvalue weighted by Crippen LogP contribution is 2.36. The number of sulfonamides is 1. The van der Waals surface area contributed by atoms with E-state index in [0.29, 0.717) is 25.3 Å². The summed E-state index contributed by atoms with van der Waals surface area (Å²) in [5.41, 5.74) is 3.27. The molecule has 1 aliphatic heterocycles. The predicted molar refractivity (Wildman–Crippen MR) is 111 cm³/mol. The number of nitrogens with two attached hydrogens (primary N) is 1. The molecule has 0 unspecified atom stereocenters. The lowest BCUT2D eigenvalue weighted by atomic mass is 10.1. The number of hydrogen-bond acceptors (Lipinski definition) is 6. The summed E-state index contributed by atoms with van der Waals surface area (Å²) in [5.74, 6) is -1.99. The van der Waals surface area contributed by atoms with Gasteiger partial charge in [0.05, 0.1) is 29.0 Å². The number of nitrogens with zero attached hydrogens (tertiary/aromatic N) is 1. The van der Waals surface area contributed by atoms with E-state index >= 15 is 0 Å². The molecule has 4 N–H and O–H groups in total. The van der Waals surface area contributed by atoms with Crippen LogP contribution in [-0.2, 0) is 26.1 Å². The molecule has 0 bridgehead atoms. The molecule has 2 fully saturated rings. The van der Waals surface area contributed by atoms with Crippen molar-refractivity contribution < 1.29 is 22.3 Å².